The molecule has 152 valence electrons. The molecule has 0 saturated carbocycles. The highest BCUT2D eigenvalue weighted by atomic mass is 32.2. The fraction of sp³-hybridized carbons (Fsp3) is 0.200. The Morgan fingerprint density at radius 3 is 2.30 bits per heavy atom. The van der Waals surface area contributed by atoms with E-state index in [1.54, 1.807) is 22.5 Å². The van der Waals surface area contributed by atoms with Gasteiger partial charge in [0.25, 0.3) is 0 Å². The molecule has 1 heterocycles. The number of aryl methyl sites for hydroxylation is 1. The molecule has 0 atom stereocenters. The van der Waals surface area contributed by atoms with Crippen LogP contribution < -0.4 is 4.74 Å². The van der Waals surface area contributed by atoms with Gasteiger partial charge in [-0.15, -0.1) is 0 Å². The van der Waals surface area contributed by atoms with Gasteiger partial charge in [0.05, 0.1) is 21.7 Å². The number of hydrogen-bond acceptors (Lipinski definition) is 4. The number of rotatable bonds is 4. The van der Waals surface area contributed by atoms with E-state index in [1.165, 1.54) is 0 Å². The van der Waals surface area contributed by atoms with Gasteiger partial charge in [-0.2, -0.15) is 5.10 Å². The number of carbonyl (C=O) groups excluding carboxylic acids is 1. The summed E-state index contributed by atoms with van der Waals surface area (Å²) in [7, 11) is 0. The molecule has 0 fully saturated rings. The van der Waals surface area contributed by atoms with Gasteiger partial charge < -0.3 is 4.74 Å². The average molecular weight is 417 g/mol. The molecule has 0 N–H and O–H groups in total. The van der Waals surface area contributed by atoms with Gasteiger partial charge in [-0.3, -0.25) is 0 Å². The summed E-state index contributed by atoms with van der Waals surface area (Å²) in [4.78, 5) is 15.0. The van der Waals surface area contributed by atoms with Crippen molar-refractivity contribution in [3.63, 3.8) is 0 Å². The van der Waals surface area contributed by atoms with Crippen molar-refractivity contribution in [1.29, 1.82) is 0 Å². The average Bonchev–Trinajstić information content (AvgIpc) is 3.04. The summed E-state index contributed by atoms with van der Waals surface area (Å²) in [5.41, 5.74) is 1.02. The summed E-state index contributed by atoms with van der Waals surface area (Å²) < 4.78 is 7.77. The van der Waals surface area contributed by atoms with Crippen LogP contribution in [0.1, 0.15) is 36.8 Å². The molecular formula is C25H24N2O2S. The number of aromatic nitrogens is 2. The van der Waals surface area contributed by atoms with Crippen molar-refractivity contribution in [2.75, 3.05) is 0 Å². The van der Waals surface area contributed by atoms with E-state index < -0.39 is 0 Å². The molecule has 30 heavy (non-hydrogen) atoms. The lowest BCUT2D eigenvalue weighted by atomic mass is 10.1. The Balaban J connectivity index is 1.73. The zero-order valence-corrected chi connectivity index (χ0v) is 18.4. The van der Waals surface area contributed by atoms with Gasteiger partial charge in [-0.1, -0.05) is 60.3 Å². The third kappa shape index (κ3) is 4.12. The van der Waals surface area contributed by atoms with E-state index in [-0.39, 0.29) is 11.5 Å². The predicted molar refractivity (Wildman–Crippen MR) is 121 cm³/mol. The molecule has 1 aromatic heterocycles. The van der Waals surface area contributed by atoms with Crippen LogP contribution in [0.4, 0.5) is 0 Å². The van der Waals surface area contributed by atoms with Crippen LogP contribution in [0.2, 0.25) is 0 Å². The normalized spacial score (nSPS) is 11.6. The summed E-state index contributed by atoms with van der Waals surface area (Å²) >= 11 is 1.56. The number of ether oxygens (including phenoxy) is 1. The SMILES string of the molecule is Cc1nn(C(C)(C)C)c(OC(=O)c2ccc3ccccc3c2)c1Sc1ccccc1. The summed E-state index contributed by atoms with van der Waals surface area (Å²) in [5.74, 6) is 0.0908. The van der Waals surface area contributed by atoms with E-state index in [2.05, 4.69) is 0 Å². The maximum atomic E-state index is 13.1. The monoisotopic (exact) mass is 416 g/mol. The maximum Gasteiger partial charge on any atom is 0.344 e. The molecular weight excluding hydrogens is 392 g/mol. The molecule has 5 heteroatoms. The third-order valence-corrected chi connectivity index (χ3v) is 5.92. The van der Waals surface area contributed by atoms with Crippen molar-refractivity contribution in [3.8, 4) is 5.88 Å². The molecule has 0 aliphatic rings. The van der Waals surface area contributed by atoms with Gasteiger partial charge in [0, 0.05) is 4.90 Å². The van der Waals surface area contributed by atoms with Crippen LogP contribution in [0.3, 0.4) is 0 Å². The molecule has 0 amide bonds. The molecule has 0 spiro atoms. The number of benzene rings is 3. The largest absolute Gasteiger partial charge is 0.403 e. The third-order valence-electron chi connectivity index (χ3n) is 4.74. The number of hydrogen-bond donors (Lipinski definition) is 0. The second-order valence-corrected chi connectivity index (χ2v) is 9.25. The molecule has 4 aromatic rings. The number of esters is 1. The fourth-order valence-electron chi connectivity index (χ4n) is 3.22. The summed E-state index contributed by atoms with van der Waals surface area (Å²) in [6, 6.07) is 23.6. The molecule has 0 aliphatic heterocycles. The van der Waals surface area contributed by atoms with Crippen LogP contribution in [0.15, 0.2) is 82.6 Å². The van der Waals surface area contributed by atoms with Crippen LogP contribution >= 0.6 is 11.8 Å². The van der Waals surface area contributed by atoms with Crippen molar-refractivity contribution in [2.45, 2.75) is 43.0 Å². The van der Waals surface area contributed by atoms with Gasteiger partial charge >= 0.3 is 5.97 Å². The zero-order valence-electron chi connectivity index (χ0n) is 17.5. The van der Waals surface area contributed by atoms with E-state index in [4.69, 9.17) is 9.84 Å². The van der Waals surface area contributed by atoms with Crippen molar-refractivity contribution in [1.82, 2.24) is 9.78 Å². The van der Waals surface area contributed by atoms with Crippen molar-refractivity contribution in [3.05, 3.63) is 84.1 Å². The lowest BCUT2D eigenvalue weighted by Gasteiger charge is -2.22. The number of carbonyl (C=O) groups is 1. The van der Waals surface area contributed by atoms with E-state index in [0.717, 1.165) is 26.3 Å². The van der Waals surface area contributed by atoms with Crippen LogP contribution in [0, 0.1) is 6.92 Å². The highest BCUT2D eigenvalue weighted by Gasteiger charge is 2.27. The van der Waals surface area contributed by atoms with Crippen molar-refractivity contribution in [2.24, 2.45) is 0 Å². The molecule has 0 radical (unpaired) electrons. The quantitative estimate of drug-likeness (QED) is 0.358. The first-order valence-corrected chi connectivity index (χ1v) is 10.7. The van der Waals surface area contributed by atoms with Gasteiger partial charge in [-0.25, -0.2) is 9.48 Å². The Hall–Kier alpha value is -3.05. The van der Waals surface area contributed by atoms with E-state index >= 15 is 0 Å². The minimum absolute atomic E-state index is 0.334. The standard InChI is InChI=1S/C25H24N2O2S/c1-17-22(30-21-12-6-5-7-13-21)23(27(26-17)25(2,3)4)29-24(28)20-15-14-18-10-8-9-11-19(18)16-20/h5-16H,1-4H3. The summed E-state index contributed by atoms with van der Waals surface area (Å²) in [6.45, 7) is 8.08. The molecule has 3 aromatic carbocycles. The van der Waals surface area contributed by atoms with Crippen LogP contribution in [-0.2, 0) is 5.54 Å². The Kier molecular flexibility index (Phi) is 5.39. The maximum absolute atomic E-state index is 13.1. The lowest BCUT2D eigenvalue weighted by Crippen LogP contribution is -2.25. The predicted octanol–water partition coefficient (Wildman–Crippen LogP) is 6.47. The topological polar surface area (TPSA) is 44.1 Å². The first-order valence-electron chi connectivity index (χ1n) is 9.87. The van der Waals surface area contributed by atoms with Crippen LogP contribution in [0.5, 0.6) is 5.88 Å². The smallest absolute Gasteiger partial charge is 0.344 e. The van der Waals surface area contributed by atoms with E-state index in [1.807, 2.05) is 94.4 Å². The fourth-order valence-corrected chi connectivity index (χ4v) is 4.16. The molecule has 4 nitrogen and oxygen atoms in total. The minimum atomic E-state index is -0.388. The molecule has 0 saturated heterocycles. The van der Waals surface area contributed by atoms with Gasteiger partial charge in [0.15, 0.2) is 0 Å². The lowest BCUT2D eigenvalue weighted by molar-refractivity contribution is 0.0704. The van der Waals surface area contributed by atoms with E-state index in [9.17, 15) is 4.79 Å². The first-order chi connectivity index (χ1) is 14.3. The Morgan fingerprint density at radius 2 is 1.60 bits per heavy atom. The van der Waals surface area contributed by atoms with Gasteiger partial charge in [0.2, 0.25) is 5.88 Å². The molecule has 0 aliphatic carbocycles. The summed E-state index contributed by atoms with van der Waals surface area (Å²) in [5, 5.41) is 6.79. The first kappa shape index (κ1) is 20.2. The van der Waals surface area contributed by atoms with E-state index in [0.29, 0.717) is 11.4 Å². The van der Waals surface area contributed by atoms with Crippen molar-refractivity contribution < 1.29 is 9.53 Å². The zero-order chi connectivity index (χ0) is 21.3. The second kappa shape index (κ2) is 8.00. The highest BCUT2D eigenvalue weighted by molar-refractivity contribution is 7.99. The second-order valence-electron chi connectivity index (χ2n) is 8.17. The minimum Gasteiger partial charge on any atom is -0.403 e. The Labute approximate surface area is 180 Å². The van der Waals surface area contributed by atoms with Crippen molar-refractivity contribution >= 4 is 28.5 Å². The molecule has 0 unspecified atom stereocenters. The summed E-state index contributed by atoms with van der Waals surface area (Å²) in [6.07, 6.45) is 0. The molecule has 4 rings (SSSR count). The van der Waals surface area contributed by atoms with Gasteiger partial charge in [-0.05, 0) is 62.7 Å². The molecule has 0 bridgehead atoms. The Morgan fingerprint density at radius 1 is 0.933 bits per heavy atom. The van der Waals surface area contributed by atoms with Crippen LogP contribution in [-0.4, -0.2) is 15.7 Å². The Bertz CT molecular complexity index is 1210. The van der Waals surface area contributed by atoms with Gasteiger partial charge in [0.1, 0.15) is 0 Å². The van der Waals surface area contributed by atoms with Crippen LogP contribution in [0.25, 0.3) is 10.8 Å². The number of nitrogens with zero attached hydrogens (tertiary/aromatic N) is 2. The number of fused-ring (bicyclic) bond motifs is 1. The highest BCUT2D eigenvalue weighted by Crippen LogP contribution is 2.40.